The lowest BCUT2D eigenvalue weighted by molar-refractivity contribution is 0.183. The first kappa shape index (κ1) is 49.8. The predicted octanol–water partition coefficient (Wildman–Crippen LogP) is 19.9. The van der Waals surface area contributed by atoms with Gasteiger partial charge in [0.1, 0.15) is 0 Å². The minimum Gasteiger partial charge on any atom is -0.310 e. The van der Waals surface area contributed by atoms with Crippen LogP contribution in [0, 0.1) is 19.3 Å². The van der Waals surface area contributed by atoms with Crippen LogP contribution in [0.3, 0.4) is 0 Å². The Morgan fingerprint density at radius 2 is 0.821 bits per heavy atom. The molecule has 0 aromatic heterocycles. The van der Waals surface area contributed by atoms with Crippen molar-refractivity contribution in [1.82, 2.24) is 0 Å². The summed E-state index contributed by atoms with van der Waals surface area (Å²) in [5.74, 6) is 0. The second-order valence-corrected chi connectivity index (χ2v) is 25.5. The normalized spacial score (nSPS) is 23.8. The number of unbranched alkanes of at least 4 members (excludes halogenated alkanes) is 1. The first-order chi connectivity index (χ1) is 37.8. The van der Waals surface area contributed by atoms with Crippen LogP contribution in [0.5, 0.6) is 0 Å². The molecule has 6 aliphatic carbocycles. The van der Waals surface area contributed by atoms with Crippen LogP contribution in [0.15, 0.2) is 133 Å². The van der Waals surface area contributed by atoms with E-state index in [-0.39, 0.29) is 21.7 Å². The quantitative estimate of drug-likeness (QED) is 0.105. The van der Waals surface area contributed by atoms with E-state index < -0.39 is 0 Å². The standard InChI is InChI=1S/C77H81N/c1-12-19-20-52-21-26-60-61-27-23-59(46-72(61)77-34-32-75(77)31-33-76(75,77)71(60)41-52)78(57-24-28-62-64-42-53(16-5)47(8)35-67(64)73(10,69(62)44-57)56-39-50(14-3)37-51(15-4)40-56)58-25-29-63-65-43-54(17-6)48(9)36-68(65)74(11,70(63)45-58)66-30-22-49(13-2)38-55(66)18-7/h21-30,35-46H,12-20,31-34H2,1-11H3/t73?,74?,75?,76-,77+/m0/s1. The SMILES string of the molecule is CCCCc1ccc2c(c1)[C@@]13CCC14CC[C@@]43c1cc(N(c3ccc4c(c3)C(C)(c3cc(CC)cc(CC)c3)c3cc(C)c(CC)cc3-4)c3ccc4c(c3)C(C)(c3ccc(CC)cc3CC)c3cc(C)c(CC)cc3-4)ccc1-2. The largest absolute Gasteiger partial charge is 0.310 e. The van der Waals surface area contributed by atoms with E-state index in [9.17, 15) is 0 Å². The van der Waals surface area contributed by atoms with Crippen LogP contribution in [-0.2, 0) is 66.6 Å². The molecule has 6 aliphatic rings. The topological polar surface area (TPSA) is 3.24 Å². The number of hydrogen-bond donors (Lipinski definition) is 0. The molecule has 0 N–H and O–H groups in total. The first-order valence-corrected chi connectivity index (χ1v) is 30.7. The van der Waals surface area contributed by atoms with E-state index in [1.54, 1.807) is 11.1 Å². The van der Waals surface area contributed by atoms with Gasteiger partial charge in [0, 0.05) is 38.7 Å². The molecule has 8 aromatic carbocycles. The molecule has 0 heterocycles. The van der Waals surface area contributed by atoms with Gasteiger partial charge in [-0.1, -0.05) is 152 Å². The lowest BCUT2D eigenvalue weighted by Gasteiger charge is -2.38. The Morgan fingerprint density at radius 1 is 0.359 bits per heavy atom. The highest BCUT2D eigenvalue weighted by Crippen LogP contribution is 2.99. The molecular weight excluding hydrogens is 939 g/mol. The third kappa shape index (κ3) is 6.20. The summed E-state index contributed by atoms with van der Waals surface area (Å²) in [6, 6.07) is 55.8. The molecule has 3 spiro atoms. The van der Waals surface area contributed by atoms with Crippen LogP contribution in [0.25, 0.3) is 33.4 Å². The summed E-state index contributed by atoms with van der Waals surface area (Å²) < 4.78 is 0. The molecule has 0 aliphatic heterocycles. The summed E-state index contributed by atoms with van der Waals surface area (Å²) in [7, 11) is 0. The van der Waals surface area contributed by atoms with Gasteiger partial charge in [0.2, 0.25) is 0 Å². The van der Waals surface area contributed by atoms with Crippen LogP contribution in [0.4, 0.5) is 17.1 Å². The van der Waals surface area contributed by atoms with Crippen molar-refractivity contribution >= 4 is 17.1 Å². The molecule has 8 aromatic rings. The molecule has 3 unspecified atom stereocenters. The summed E-state index contributed by atoms with van der Waals surface area (Å²) in [4.78, 5) is 2.70. The molecule has 0 saturated heterocycles. The van der Waals surface area contributed by atoms with Crippen molar-refractivity contribution in [2.45, 2.75) is 181 Å². The van der Waals surface area contributed by atoms with E-state index in [1.165, 1.54) is 179 Å². The van der Waals surface area contributed by atoms with Gasteiger partial charge in [-0.25, -0.2) is 0 Å². The minimum atomic E-state index is -0.348. The zero-order valence-electron chi connectivity index (χ0n) is 48.8. The maximum Gasteiger partial charge on any atom is 0.0465 e. The fraction of sp³-hybridized carbons (Fsp3) is 0.377. The van der Waals surface area contributed by atoms with E-state index in [4.69, 9.17) is 0 Å². The molecule has 1 nitrogen and oxygen atoms in total. The van der Waals surface area contributed by atoms with Crippen molar-refractivity contribution in [3.8, 4) is 33.4 Å². The molecule has 394 valence electrons. The summed E-state index contributed by atoms with van der Waals surface area (Å²) in [6.07, 6.45) is 15.2. The third-order valence-electron chi connectivity index (χ3n) is 22.4. The number of hydrogen-bond acceptors (Lipinski definition) is 1. The van der Waals surface area contributed by atoms with Gasteiger partial charge in [0.15, 0.2) is 0 Å². The van der Waals surface area contributed by atoms with Crippen LogP contribution in [0.1, 0.15) is 195 Å². The summed E-state index contributed by atoms with van der Waals surface area (Å²) in [6.45, 7) is 26.0. The van der Waals surface area contributed by atoms with Gasteiger partial charge < -0.3 is 4.90 Å². The molecule has 1 heteroatoms. The molecule has 14 rings (SSSR count). The Kier molecular flexibility index (Phi) is 11.2. The number of rotatable bonds is 14. The van der Waals surface area contributed by atoms with Gasteiger partial charge in [-0.05, 0) is 275 Å². The predicted molar refractivity (Wildman–Crippen MR) is 330 cm³/mol. The van der Waals surface area contributed by atoms with Gasteiger partial charge in [0.05, 0.1) is 0 Å². The smallest absolute Gasteiger partial charge is 0.0465 e. The van der Waals surface area contributed by atoms with Crippen LogP contribution < -0.4 is 4.90 Å². The average molecular weight is 1020 g/mol. The highest BCUT2D eigenvalue weighted by Gasteiger charge is 2.96. The van der Waals surface area contributed by atoms with E-state index in [1.807, 2.05) is 0 Å². The zero-order valence-corrected chi connectivity index (χ0v) is 48.8. The minimum absolute atomic E-state index is 0.232. The lowest BCUT2D eigenvalue weighted by Crippen LogP contribution is -2.30. The van der Waals surface area contributed by atoms with Gasteiger partial charge >= 0.3 is 0 Å². The van der Waals surface area contributed by atoms with E-state index >= 15 is 0 Å². The summed E-state index contributed by atoms with van der Waals surface area (Å²) >= 11 is 0. The van der Waals surface area contributed by atoms with Crippen molar-refractivity contribution in [2.75, 3.05) is 4.90 Å². The van der Waals surface area contributed by atoms with Gasteiger partial charge in [-0.3, -0.25) is 0 Å². The Labute approximate surface area is 467 Å². The third-order valence-corrected chi connectivity index (χ3v) is 22.4. The Bertz CT molecular complexity index is 3820. The summed E-state index contributed by atoms with van der Waals surface area (Å²) in [5, 5.41) is 0. The Balaban J connectivity index is 1.02. The maximum atomic E-state index is 2.72. The van der Waals surface area contributed by atoms with E-state index in [0.717, 1.165) is 38.5 Å². The van der Waals surface area contributed by atoms with Crippen molar-refractivity contribution < 1.29 is 0 Å². The van der Waals surface area contributed by atoms with E-state index in [2.05, 4.69) is 215 Å². The average Bonchev–Trinajstić information content (AvgIpc) is 2.42. The lowest BCUT2D eigenvalue weighted by atomic mass is 9.66. The van der Waals surface area contributed by atoms with Crippen LogP contribution in [-0.4, -0.2) is 0 Å². The Hall–Kier alpha value is -6.44. The molecular formula is C77H81N. The number of fused-ring (bicyclic) bond motifs is 9. The van der Waals surface area contributed by atoms with Gasteiger partial charge in [-0.2, -0.15) is 0 Å². The van der Waals surface area contributed by atoms with Crippen molar-refractivity contribution in [3.63, 3.8) is 0 Å². The fourth-order valence-corrected chi connectivity index (χ4v) is 18.0. The fourth-order valence-electron chi connectivity index (χ4n) is 18.0. The highest BCUT2D eigenvalue weighted by molar-refractivity contribution is 5.93. The highest BCUT2D eigenvalue weighted by atomic mass is 15.1. The van der Waals surface area contributed by atoms with Gasteiger partial charge in [-0.15, -0.1) is 0 Å². The van der Waals surface area contributed by atoms with Crippen molar-refractivity contribution in [1.29, 1.82) is 0 Å². The maximum absolute atomic E-state index is 2.72. The van der Waals surface area contributed by atoms with Gasteiger partial charge in [0.25, 0.3) is 0 Å². The van der Waals surface area contributed by atoms with Crippen LogP contribution >= 0.6 is 0 Å². The molecule has 0 bridgehead atoms. The molecule has 0 amide bonds. The van der Waals surface area contributed by atoms with Crippen molar-refractivity contribution in [2.24, 2.45) is 5.41 Å². The van der Waals surface area contributed by atoms with Crippen LogP contribution in [0.2, 0.25) is 0 Å². The number of anilines is 3. The summed E-state index contributed by atoms with van der Waals surface area (Å²) in [5.41, 5.74) is 37.3. The number of aryl methyl sites for hydroxylation is 9. The zero-order chi connectivity index (χ0) is 53.8. The molecule has 3 saturated carbocycles. The first-order valence-electron chi connectivity index (χ1n) is 30.7. The second-order valence-electron chi connectivity index (χ2n) is 25.5. The van der Waals surface area contributed by atoms with Crippen molar-refractivity contribution in [3.05, 3.63) is 228 Å². The molecule has 3 fully saturated rings. The molecule has 0 radical (unpaired) electrons. The molecule has 5 atom stereocenters. The van der Waals surface area contributed by atoms with E-state index in [0.29, 0.717) is 5.41 Å². The number of nitrogens with zero attached hydrogens (tertiary/aromatic N) is 1. The molecule has 78 heavy (non-hydrogen) atoms. The number of benzene rings is 8. The Morgan fingerprint density at radius 3 is 1.32 bits per heavy atom. The monoisotopic (exact) mass is 1020 g/mol. The second kappa shape index (κ2) is 17.5.